The van der Waals surface area contributed by atoms with Crippen molar-refractivity contribution in [2.24, 2.45) is 7.05 Å². The quantitative estimate of drug-likeness (QED) is 0.156. The third kappa shape index (κ3) is 13.4. The maximum atomic E-state index is 12.2. The minimum Gasteiger partial charge on any atom is -0.490 e. The number of amides is 1. The number of pyridine rings is 1. The number of aromatic nitrogens is 1. The summed E-state index contributed by atoms with van der Waals surface area (Å²) in [5, 5.41) is 2.91. The van der Waals surface area contributed by atoms with Crippen LogP contribution in [-0.2, 0) is 18.3 Å². The number of unbranched alkanes of at least 4 members (excludes halogenated alkanes) is 11. The zero-order chi connectivity index (χ0) is 26.6. The van der Waals surface area contributed by atoms with E-state index >= 15 is 0 Å². The fourth-order valence-corrected chi connectivity index (χ4v) is 4.29. The van der Waals surface area contributed by atoms with Crippen LogP contribution in [0.1, 0.15) is 89.5 Å². The summed E-state index contributed by atoms with van der Waals surface area (Å²) >= 11 is 0. The summed E-state index contributed by atoms with van der Waals surface area (Å²) in [5.41, 5.74) is 1.18. The molecule has 6 nitrogen and oxygen atoms in total. The lowest BCUT2D eigenvalue weighted by atomic mass is 10.1. The monoisotopic (exact) mass is 513 g/mol. The number of rotatable bonds is 21. The highest BCUT2D eigenvalue weighted by Gasteiger charge is 2.13. The van der Waals surface area contributed by atoms with Gasteiger partial charge < -0.3 is 19.5 Å². The second-order valence-corrected chi connectivity index (χ2v) is 9.79. The van der Waals surface area contributed by atoms with Gasteiger partial charge in [-0.15, -0.1) is 0 Å². The van der Waals surface area contributed by atoms with Gasteiger partial charge in [-0.05, 0) is 30.5 Å². The molecule has 1 heterocycles. The van der Waals surface area contributed by atoms with Crippen LogP contribution < -0.4 is 24.1 Å². The second kappa shape index (κ2) is 19.4. The first-order valence-corrected chi connectivity index (χ1v) is 14.3. The molecule has 206 valence electrons. The number of hydrogen-bond acceptors (Lipinski definition) is 4. The van der Waals surface area contributed by atoms with Crippen molar-refractivity contribution in [2.75, 3.05) is 26.9 Å². The number of para-hydroxylation sites is 1. The fraction of sp³-hybridized carbons (Fsp3) is 0.613. The van der Waals surface area contributed by atoms with Crippen LogP contribution in [0.15, 0.2) is 42.7 Å². The zero-order valence-electron chi connectivity index (χ0n) is 23.4. The minimum atomic E-state index is -0.161. The summed E-state index contributed by atoms with van der Waals surface area (Å²) in [6, 6.07) is 9.65. The van der Waals surface area contributed by atoms with Crippen molar-refractivity contribution in [3.8, 4) is 17.2 Å². The van der Waals surface area contributed by atoms with Gasteiger partial charge in [0, 0.05) is 18.7 Å². The van der Waals surface area contributed by atoms with E-state index in [-0.39, 0.29) is 12.5 Å². The molecule has 0 saturated heterocycles. The van der Waals surface area contributed by atoms with Gasteiger partial charge in [-0.3, -0.25) is 4.79 Å². The molecule has 2 rings (SSSR count). The molecule has 6 heteroatoms. The molecule has 0 unspecified atom stereocenters. The molecular weight excluding hydrogens is 464 g/mol. The first kappa shape index (κ1) is 30.5. The maximum absolute atomic E-state index is 12.2. The predicted octanol–water partition coefficient (Wildman–Crippen LogP) is 6.34. The zero-order valence-corrected chi connectivity index (χ0v) is 23.4. The maximum Gasteiger partial charge on any atom is 0.257 e. The number of carbonyl (C=O) groups is 1. The number of methoxy groups -OCH3 is 1. The number of nitrogens with zero attached hydrogens (tertiary/aromatic N) is 1. The van der Waals surface area contributed by atoms with Gasteiger partial charge in [0.2, 0.25) is 5.75 Å². The average molecular weight is 514 g/mol. The van der Waals surface area contributed by atoms with Crippen LogP contribution in [0.25, 0.3) is 0 Å². The Morgan fingerprint density at radius 3 is 1.97 bits per heavy atom. The van der Waals surface area contributed by atoms with E-state index in [9.17, 15) is 4.79 Å². The second-order valence-electron chi connectivity index (χ2n) is 9.79. The Balaban J connectivity index is 1.59. The van der Waals surface area contributed by atoms with E-state index in [4.69, 9.17) is 14.2 Å². The Labute approximate surface area is 224 Å². The number of benzene rings is 1. The van der Waals surface area contributed by atoms with Crippen LogP contribution in [-0.4, -0.2) is 32.8 Å². The van der Waals surface area contributed by atoms with E-state index in [0.29, 0.717) is 30.4 Å². The Morgan fingerprint density at radius 1 is 0.811 bits per heavy atom. The summed E-state index contributed by atoms with van der Waals surface area (Å²) in [7, 11) is 3.58. The standard InChI is InChI=1S/C31H48N2O4/c1-4-5-6-7-8-9-10-11-12-13-14-15-25-36-28-17-16-18-29(31(28)35-3)37-26-30(34)32-22-19-27-20-23-33(2)24-21-27/h16-18,20-21,23-24H,4-15,19,22,25-26H2,1-3H3/p+1. The van der Waals surface area contributed by atoms with E-state index < -0.39 is 0 Å². The van der Waals surface area contributed by atoms with Gasteiger partial charge in [-0.25, -0.2) is 4.57 Å². The van der Waals surface area contributed by atoms with Crippen molar-refractivity contribution in [1.29, 1.82) is 0 Å². The molecule has 1 N–H and O–H groups in total. The van der Waals surface area contributed by atoms with Crippen molar-refractivity contribution in [1.82, 2.24) is 5.32 Å². The molecule has 0 radical (unpaired) electrons. The summed E-state index contributed by atoms with van der Waals surface area (Å²) < 4.78 is 19.3. The van der Waals surface area contributed by atoms with Gasteiger partial charge in [-0.1, -0.05) is 83.6 Å². The largest absolute Gasteiger partial charge is 0.490 e. The van der Waals surface area contributed by atoms with Crippen LogP contribution in [0, 0.1) is 0 Å². The van der Waals surface area contributed by atoms with E-state index in [1.165, 1.54) is 76.2 Å². The normalized spacial score (nSPS) is 10.8. The van der Waals surface area contributed by atoms with Crippen molar-refractivity contribution < 1.29 is 23.6 Å². The van der Waals surface area contributed by atoms with Crippen LogP contribution >= 0.6 is 0 Å². The Kier molecular flexibility index (Phi) is 15.9. The van der Waals surface area contributed by atoms with Crippen molar-refractivity contribution in [3.05, 3.63) is 48.3 Å². The molecule has 2 aromatic rings. The lowest BCUT2D eigenvalue weighted by molar-refractivity contribution is -0.671. The highest BCUT2D eigenvalue weighted by molar-refractivity contribution is 5.77. The van der Waals surface area contributed by atoms with Crippen molar-refractivity contribution in [3.63, 3.8) is 0 Å². The average Bonchev–Trinajstić information content (AvgIpc) is 2.91. The topological polar surface area (TPSA) is 60.7 Å². The lowest BCUT2D eigenvalue weighted by Gasteiger charge is -2.15. The van der Waals surface area contributed by atoms with Gasteiger partial charge in [-0.2, -0.15) is 0 Å². The fourth-order valence-electron chi connectivity index (χ4n) is 4.29. The molecule has 0 fully saturated rings. The highest BCUT2D eigenvalue weighted by Crippen LogP contribution is 2.37. The third-order valence-electron chi connectivity index (χ3n) is 6.54. The van der Waals surface area contributed by atoms with Gasteiger partial charge >= 0.3 is 0 Å². The van der Waals surface area contributed by atoms with Gasteiger partial charge in [0.05, 0.1) is 13.7 Å². The molecule has 0 spiro atoms. The molecule has 1 aromatic carbocycles. The first-order valence-electron chi connectivity index (χ1n) is 14.3. The minimum absolute atomic E-state index is 0.0672. The number of hydrogen-bond donors (Lipinski definition) is 1. The number of aryl methyl sites for hydroxylation is 1. The molecule has 0 aliphatic carbocycles. The molecule has 1 amide bonds. The first-order chi connectivity index (χ1) is 18.1. The third-order valence-corrected chi connectivity index (χ3v) is 6.54. The van der Waals surface area contributed by atoms with Gasteiger partial charge in [0.25, 0.3) is 5.91 Å². The van der Waals surface area contributed by atoms with Gasteiger partial charge in [0.1, 0.15) is 7.05 Å². The van der Waals surface area contributed by atoms with E-state index in [1.807, 2.05) is 36.1 Å². The molecule has 0 saturated carbocycles. The number of ether oxygens (including phenoxy) is 3. The smallest absolute Gasteiger partial charge is 0.257 e. The summed E-state index contributed by atoms with van der Waals surface area (Å²) in [4.78, 5) is 12.2. The summed E-state index contributed by atoms with van der Waals surface area (Å²) in [6.07, 6.45) is 20.6. The SMILES string of the molecule is CCCCCCCCCCCCCCOc1cccc(OCC(=O)NCCc2cc[n+](C)cc2)c1OC. The number of nitrogens with one attached hydrogen (secondary N) is 1. The van der Waals surface area contributed by atoms with E-state index in [2.05, 4.69) is 24.4 Å². The number of carbonyl (C=O) groups excluding carboxylic acids is 1. The molecule has 0 atom stereocenters. The van der Waals surface area contributed by atoms with E-state index in [0.717, 1.165) is 12.8 Å². The summed E-state index contributed by atoms with van der Waals surface area (Å²) in [6.45, 7) is 3.41. The lowest BCUT2D eigenvalue weighted by Crippen LogP contribution is -2.31. The molecule has 37 heavy (non-hydrogen) atoms. The van der Waals surface area contributed by atoms with Crippen LogP contribution in [0.4, 0.5) is 0 Å². The Morgan fingerprint density at radius 2 is 1.38 bits per heavy atom. The molecule has 1 aromatic heterocycles. The Bertz CT molecular complexity index is 870. The Hall–Kier alpha value is -2.76. The van der Waals surface area contributed by atoms with Crippen LogP contribution in [0.5, 0.6) is 17.2 Å². The highest BCUT2D eigenvalue weighted by atomic mass is 16.5. The predicted molar refractivity (Wildman–Crippen MR) is 149 cm³/mol. The molecule has 0 aliphatic rings. The van der Waals surface area contributed by atoms with E-state index in [1.54, 1.807) is 13.2 Å². The molecule has 0 bridgehead atoms. The summed E-state index contributed by atoms with van der Waals surface area (Å²) in [5.74, 6) is 1.54. The van der Waals surface area contributed by atoms with Crippen molar-refractivity contribution >= 4 is 5.91 Å². The molecule has 0 aliphatic heterocycles. The van der Waals surface area contributed by atoms with Gasteiger partial charge in [0.15, 0.2) is 30.5 Å². The van der Waals surface area contributed by atoms with Crippen LogP contribution in [0.2, 0.25) is 0 Å². The van der Waals surface area contributed by atoms with Crippen molar-refractivity contribution in [2.45, 2.75) is 90.4 Å². The molecular formula is C31H49N2O4+. The van der Waals surface area contributed by atoms with Crippen LogP contribution in [0.3, 0.4) is 0 Å².